The summed E-state index contributed by atoms with van der Waals surface area (Å²) in [5, 5.41) is 13.1. The summed E-state index contributed by atoms with van der Waals surface area (Å²) in [6.45, 7) is 1.63. The molecule has 0 aliphatic carbocycles. The first-order chi connectivity index (χ1) is 8.11. The molecule has 1 heterocycles. The highest BCUT2D eigenvalue weighted by molar-refractivity contribution is 6.30. The van der Waals surface area contributed by atoms with Crippen molar-refractivity contribution in [2.75, 3.05) is 19.8 Å². The predicted octanol–water partition coefficient (Wildman–Crippen LogP) is 1.72. The average molecular weight is 260 g/mol. The average Bonchev–Trinajstić information content (AvgIpc) is 2.72. The van der Waals surface area contributed by atoms with Crippen LogP contribution in [0.1, 0.15) is 12.0 Å². The Morgan fingerprint density at radius 2 is 2.35 bits per heavy atom. The van der Waals surface area contributed by atoms with E-state index in [1.54, 1.807) is 12.1 Å². The van der Waals surface area contributed by atoms with E-state index in [0.29, 0.717) is 38.3 Å². The Hall–Kier alpha value is -0.680. The maximum atomic E-state index is 13.5. The van der Waals surface area contributed by atoms with Crippen molar-refractivity contribution in [1.29, 1.82) is 0 Å². The van der Waals surface area contributed by atoms with Gasteiger partial charge in [-0.3, -0.25) is 0 Å². The molecular formula is C12H15ClFNO2. The van der Waals surface area contributed by atoms with Crippen molar-refractivity contribution in [3.05, 3.63) is 34.6 Å². The maximum absolute atomic E-state index is 13.5. The number of aliphatic hydroxyl groups is 1. The normalized spacial score (nSPS) is 24.2. The molecule has 0 aromatic heterocycles. The van der Waals surface area contributed by atoms with Crippen LogP contribution in [0, 0.1) is 5.82 Å². The van der Waals surface area contributed by atoms with Crippen LogP contribution in [-0.4, -0.2) is 30.5 Å². The van der Waals surface area contributed by atoms with Crippen LogP contribution in [-0.2, 0) is 11.3 Å². The fourth-order valence-electron chi connectivity index (χ4n) is 1.85. The monoisotopic (exact) mass is 259 g/mol. The largest absolute Gasteiger partial charge is 0.386 e. The minimum absolute atomic E-state index is 0.118. The number of hydrogen-bond donors (Lipinski definition) is 2. The van der Waals surface area contributed by atoms with E-state index in [9.17, 15) is 9.50 Å². The van der Waals surface area contributed by atoms with Crippen LogP contribution in [0.15, 0.2) is 18.2 Å². The van der Waals surface area contributed by atoms with Gasteiger partial charge in [-0.25, -0.2) is 4.39 Å². The number of ether oxygens (including phenoxy) is 1. The highest BCUT2D eigenvalue weighted by atomic mass is 35.5. The molecule has 0 amide bonds. The van der Waals surface area contributed by atoms with Gasteiger partial charge >= 0.3 is 0 Å². The van der Waals surface area contributed by atoms with Gasteiger partial charge in [-0.2, -0.15) is 0 Å². The molecule has 1 aromatic rings. The van der Waals surface area contributed by atoms with Gasteiger partial charge in [-0.05, 0) is 6.07 Å². The summed E-state index contributed by atoms with van der Waals surface area (Å²) < 4.78 is 18.7. The highest BCUT2D eigenvalue weighted by Gasteiger charge is 2.31. The zero-order valence-electron chi connectivity index (χ0n) is 9.38. The van der Waals surface area contributed by atoms with Crippen LogP contribution in [0.3, 0.4) is 0 Å². The molecule has 1 saturated heterocycles. The second kappa shape index (κ2) is 5.31. The van der Waals surface area contributed by atoms with E-state index in [2.05, 4.69) is 5.32 Å². The van der Waals surface area contributed by atoms with Crippen LogP contribution in [0.25, 0.3) is 0 Å². The topological polar surface area (TPSA) is 41.5 Å². The highest BCUT2D eigenvalue weighted by Crippen LogP contribution is 2.19. The van der Waals surface area contributed by atoms with E-state index in [1.807, 2.05) is 0 Å². The Morgan fingerprint density at radius 3 is 3.06 bits per heavy atom. The zero-order chi connectivity index (χ0) is 12.3. The Bertz CT molecular complexity index is 394. The Kier molecular flexibility index (Phi) is 3.99. The minimum atomic E-state index is -0.824. The van der Waals surface area contributed by atoms with E-state index >= 15 is 0 Å². The molecular weight excluding hydrogens is 245 g/mol. The molecule has 0 bridgehead atoms. The third-order valence-electron chi connectivity index (χ3n) is 2.88. The standard InChI is InChI=1S/C12H15ClFNO2/c13-10-3-1-2-9(11(10)14)6-15-7-12(16)4-5-17-8-12/h1-3,15-16H,4-8H2. The number of nitrogens with one attached hydrogen (secondary N) is 1. The van der Waals surface area contributed by atoms with Gasteiger partial charge in [0.15, 0.2) is 0 Å². The lowest BCUT2D eigenvalue weighted by Gasteiger charge is -2.20. The van der Waals surface area contributed by atoms with Crippen LogP contribution in [0.5, 0.6) is 0 Å². The quantitative estimate of drug-likeness (QED) is 0.865. The fourth-order valence-corrected chi connectivity index (χ4v) is 2.04. The van der Waals surface area contributed by atoms with Crippen molar-refractivity contribution < 1.29 is 14.2 Å². The molecule has 5 heteroatoms. The first-order valence-electron chi connectivity index (χ1n) is 5.54. The van der Waals surface area contributed by atoms with Gasteiger partial charge in [0, 0.05) is 31.7 Å². The summed E-state index contributed by atoms with van der Waals surface area (Å²) in [5.74, 6) is -0.406. The molecule has 1 unspecified atom stereocenters. The molecule has 0 radical (unpaired) electrons. The van der Waals surface area contributed by atoms with E-state index in [-0.39, 0.29) is 5.02 Å². The smallest absolute Gasteiger partial charge is 0.146 e. The van der Waals surface area contributed by atoms with E-state index in [1.165, 1.54) is 6.07 Å². The Morgan fingerprint density at radius 1 is 1.53 bits per heavy atom. The lowest BCUT2D eigenvalue weighted by atomic mass is 10.0. The van der Waals surface area contributed by atoms with Crippen molar-refractivity contribution in [3.63, 3.8) is 0 Å². The Labute approximate surface area is 105 Å². The van der Waals surface area contributed by atoms with Gasteiger partial charge in [0.05, 0.1) is 11.6 Å². The molecule has 2 N–H and O–H groups in total. The van der Waals surface area contributed by atoms with Gasteiger partial charge in [0.1, 0.15) is 11.4 Å². The Balaban J connectivity index is 1.88. The van der Waals surface area contributed by atoms with Crippen molar-refractivity contribution in [2.45, 2.75) is 18.6 Å². The summed E-state index contributed by atoms with van der Waals surface area (Å²) >= 11 is 5.68. The van der Waals surface area contributed by atoms with Crippen LogP contribution in [0.4, 0.5) is 4.39 Å². The molecule has 3 nitrogen and oxygen atoms in total. The second-order valence-corrected chi connectivity index (χ2v) is 4.75. The van der Waals surface area contributed by atoms with Crippen molar-refractivity contribution in [3.8, 4) is 0 Å². The van der Waals surface area contributed by atoms with Gasteiger partial charge in [-0.15, -0.1) is 0 Å². The van der Waals surface area contributed by atoms with Crippen LogP contribution < -0.4 is 5.32 Å². The molecule has 1 atom stereocenters. The molecule has 0 spiro atoms. The van der Waals surface area contributed by atoms with Crippen molar-refractivity contribution in [1.82, 2.24) is 5.32 Å². The molecule has 1 aliphatic heterocycles. The number of benzene rings is 1. The van der Waals surface area contributed by atoms with E-state index in [0.717, 1.165) is 0 Å². The van der Waals surface area contributed by atoms with E-state index in [4.69, 9.17) is 16.3 Å². The molecule has 0 saturated carbocycles. The second-order valence-electron chi connectivity index (χ2n) is 4.34. The molecule has 1 fully saturated rings. The summed E-state index contributed by atoms with van der Waals surface area (Å²) in [6, 6.07) is 4.89. The predicted molar refractivity (Wildman–Crippen MR) is 63.5 cm³/mol. The summed E-state index contributed by atoms with van der Waals surface area (Å²) in [6.07, 6.45) is 0.609. The SMILES string of the molecule is OC1(CNCc2cccc(Cl)c2F)CCOC1. The first kappa shape index (κ1) is 12.8. The van der Waals surface area contributed by atoms with Gasteiger partial charge in [0.25, 0.3) is 0 Å². The molecule has 1 aliphatic rings. The van der Waals surface area contributed by atoms with Crippen molar-refractivity contribution in [2.24, 2.45) is 0 Å². The molecule has 94 valence electrons. The third kappa shape index (κ3) is 3.16. The lowest BCUT2D eigenvalue weighted by Crippen LogP contribution is -2.40. The van der Waals surface area contributed by atoms with E-state index < -0.39 is 11.4 Å². The molecule has 2 rings (SSSR count). The van der Waals surface area contributed by atoms with Crippen molar-refractivity contribution >= 4 is 11.6 Å². The third-order valence-corrected chi connectivity index (χ3v) is 3.18. The fraction of sp³-hybridized carbons (Fsp3) is 0.500. The molecule has 1 aromatic carbocycles. The lowest BCUT2D eigenvalue weighted by molar-refractivity contribution is 0.0268. The van der Waals surface area contributed by atoms with Gasteiger partial charge < -0.3 is 15.2 Å². The summed E-state index contributed by atoms with van der Waals surface area (Å²) in [4.78, 5) is 0. The number of rotatable bonds is 4. The number of halogens is 2. The minimum Gasteiger partial charge on any atom is -0.386 e. The maximum Gasteiger partial charge on any atom is 0.146 e. The van der Waals surface area contributed by atoms with Crippen LogP contribution in [0.2, 0.25) is 5.02 Å². The van der Waals surface area contributed by atoms with Gasteiger partial charge in [0.2, 0.25) is 0 Å². The summed E-state index contributed by atoms with van der Waals surface area (Å²) in [5.41, 5.74) is -0.324. The first-order valence-corrected chi connectivity index (χ1v) is 5.92. The number of hydrogen-bond acceptors (Lipinski definition) is 3. The molecule has 17 heavy (non-hydrogen) atoms. The summed E-state index contributed by atoms with van der Waals surface area (Å²) in [7, 11) is 0. The zero-order valence-corrected chi connectivity index (χ0v) is 10.1. The van der Waals surface area contributed by atoms with Gasteiger partial charge in [-0.1, -0.05) is 23.7 Å². The van der Waals surface area contributed by atoms with Crippen LogP contribution >= 0.6 is 11.6 Å².